The molecule has 0 saturated carbocycles. The van der Waals surface area contributed by atoms with Gasteiger partial charge in [0.25, 0.3) is 0 Å². The van der Waals surface area contributed by atoms with Crippen LogP contribution in [0.2, 0.25) is 5.02 Å². The highest BCUT2D eigenvalue weighted by molar-refractivity contribution is 6.31. The van der Waals surface area contributed by atoms with Crippen LogP contribution in [-0.2, 0) is 6.54 Å². The zero-order valence-corrected chi connectivity index (χ0v) is 16.6. The van der Waals surface area contributed by atoms with Crippen molar-refractivity contribution >= 4 is 39.2 Å². The Bertz CT molecular complexity index is 1220. The number of furan rings is 1. The molecule has 29 heavy (non-hydrogen) atoms. The van der Waals surface area contributed by atoms with Crippen molar-refractivity contribution in [2.75, 3.05) is 18.4 Å². The minimum atomic E-state index is -0.354. The Labute approximate surface area is 172 Å². The first-order valence-corrected chi connectivity index (χ1v) is 10.2. The first-order chi connectivity index (χ1) is 14.1. The summed E-state index contributed by atoms with van der Waals surface area (Å²) in [5.41, 5.74) is 3.19. The molecule has 0 spiro atoms. The molecule has 1 N–H and O–H groups in total. The lowest BCUT2D eigenvalue weighted by Crippen LogP contribution is -2.38. The summed E-state index contributed by atoms with van der Waals surface area (Å²) < 4.78 is 10.8. The van der Waals surface area contributed by atoms with Gasteiger partial charge in [0.05, 0.1) is 12.0 Å². The normalized spacial score (nSPS) is 15.9. The van der Waals surface area contributed by atoms with Gasteiger partial charge in [0, 0.05) is 47.5 Å². The van der Waals surface area contributed by atoms with E-state index in [0.717, 1.165) is 54.5 Å². The van der Waals surface area contributed by atoms with Crippen molar-refractivity contribution in [1.82, 2.24) is 4.90 Å². The number of hydrogen-bond donors (Lipinski definition) is 1. The van der Waals surface area contributed by atoms with E-state index in [2.05, 4.69) is 28.4 Å². The zero-order valence-electron chi connectivity index (χ0n) is 15.9. The van der Waals surface area contributed by atoms with Crippen molar-refractivity contribution in [3.63, 3.8) is 0 Å². The summed E-state index contributed by atoms with van der Waals surface area (Å²) in [5.74, 6) is 0. The summed E-state index contributed by atoms with van der Waals surface area (Å²) in [6.45, 7) is 2.90. The maximum atomic E-state index is 11.9. The largest absolute Gasteiger partial charge is 0.464 e. The lowest BCUT2D eigenvalue weighted by Gasteiger charge is -2.33. The minimum absolute atomic E-state index is 0.308. The number of fused-ring (bicyclic) bond motifs is 2. The number of halogens is 1. The number of hydrogen-bond acceptors (Lipinski definition) is 5. The smallest absolute Gasteiger partial charge is 0.338 e. The Morgan fingerprint density at radius 2 is 1.90 bits per heavy atom. The van der Waals surface area contributed by atoms with E-state index in [4.69, 9.17) is 20.4 Å². The minimum Gasteiger partial charge on any atom is -0.464 e. The fraction of sp³-hybridized carbons (Fsp3) is 0.261. The van der Waals surface area contributed by atoms with Gasteiger partial charge in [0.1, 0.15) is 11.2 Å². The van der Waals surface area contributed by atoms with Gasteiger partial charge >= 0.3 is 5.63 Å². The average molecular weight is 409 g/mol. The number of rotatable bonds is 4. The molecule has 1 saturated heterocycles. The van der Waals surface area contributed by atoms with E-state index in [1.165, 1.54) is 11.6 Å². The van der Waals surface area contributed by atoms with Gasteiger partial charge in [-0.3, -0.25) is 4.90 Å². The molecule has 0 aliphatic carbocycles. The Morgan fingerprint density at radius 1 is 1.03 bits per heavy atom. The Morgan fingerprint density at radius 3 is 2.76 bits per heavy atom. The number of anilines is 1. The van der Waals surface area contributed by atoms with E-state index in [0.29, 0.717) is 16.6 Å². The molecule has 2 aromatic carbocycles. The lowest BCUT2D eigenvalue weighted by atomic mass is 10.0. The second-order valence-corrected chi connectivity index (χ2v) is 8.04. The fourth-order valence-electron chi connectivity index (χ4n) is 4.07. The summed E-state index contributed by atoms with van der Waals surface area (Å²) in [6, 6.07) is 15.5. The zero-order chi connectivity index (χ0) is 19.8. The van der Waals surface area contributed by atoms with Gasteiger partial charge in [-0.2, -0.15) is 0 Å². The summed E-state index contributed by atoms with van der Waals surface area (Å²) >= 11 is 6.14. The van der Waals surface area contributed by atoms with Gasteiger partial charge in [-0.25, -0.2) is 4.79 Å². The summed E-state index contributed by atoms with van der Waals surface area (Å²) in [6.07, 6.45) is 3.74. The van der Waals surface area contributed by atoms with E-state index in [-0.39, 0.29) is 5.63 Å². The Kier molecular flexibility index (Phi) is 4.78. The molecule has 5 rings (SSSR count). The summed E-state index contributed by atoms with van der Waals surface area (Å²) in [4.78, 5) is 14.4. The maximum Gasteiger partial charge on any atom is 0.338 e. The third-order valence-corrected chi connectivity index (χ3v) is 5.81. The van der Waals surface area contributed by atoms with Crippen LogP contribution in [0.1, 0.15) is 18.4 Å². The summed E-state index contributed by atoms with van der Waals surface area (Å²) in [5, 5.41) is 6.13. The molecular weight excluding hydrogens is 388 g/mol. The van der Waals surface area contributed by atoms with E-state index >= 15 is 0 Å². The molecule has 1 aliphatic heterocycles. The van der Waals surface area contributed by atoms with Crippen molar-refractivity contribution in [3.8, 4) is 0 Å². The maximum absolute atomic E-state index is 11.9. The highest BCUT2D eigenvalue weighted by atomic mass is 35.5. The Balaban J connectivity index is 1.26. The molecule has 0 radical (unpaired) electrons. The first-order valence-electron chi connectivity index (χ1n) is 9.82. The van der Waals surface area contributed by atoms with E-state index in [9.17, 15) is 4.79 Å². The van der Waals surface area contributed by atoms with Crippen LogP contribution in [0.3, 0.4) is 0 Å². The van der Waals surface area contributed by atoms with E-state index < -0.39 is 0 Å². The number of piperidine rings is 1. The first kappa shape index (κ1) is 18.3. The number of likely N-dealkylation sites (tertiary alicyclic amines) is 1. The van der Waals surface area contributed by atoms with Crippen molar-refractivity contribution in [1.29, 1.82) is 0 Å². The van der Waals surface area contributed by atoms with Gasteiger partial charge in [-0.05, 0) is 48.7 Å². The predicted octanol–water partition coefficient (Wildman–Crippen LogP) is 5.27. The number of nitrogens with zero attached hydrogens (tertiary/aromatic N) is 1. The van der Waals surface area contributed by atoms with Gasteiger partial charge in [-0.15, -0.1) is 0 Å². The van der Waals surface area contributed by atoms with Crippen LogP contribution in [0.15, 0.2) is 68.4 Å². The molecule has 0 bridgehead atoms. The highest BCUT2D eigenvalue weighted by Gasteiger charge is 2.20. The van der Waals surface area contributed by atoms with Crippen LogP contribution in [0.5, 0.6) is 0 Å². The topological polar surface area (TPSA) is 58.6 Å². The third kappa shape index (κ3) is 3.88. The molecule has 1 aliphatic rings. The van der Waals surface area contributed by atoms with Gasteiger partial charge in [0.15, 0.2) is 0 Å². The number of benzene rings is 2. The fourth-order valence-corrected chi connectivity index (χ4v) is 4.24. The quantitative estimate of drug-likeness (QED) is 0.466. The Hall–Kier alpha value is -2.76. The van der Waals surface area contributed by atoms with E-state index in [1.807, 2.05) is 12.1 Å². The van der Waals surface area contributed by atoms with Gasteiger partial charge in [0.2, 0.25) is 0 Å². The molecule has 5 nitrogen and oxygen atoms in total. The van der Waals surface area contributed by atoms with Crippen LogP contribution < -0.4 is 10.9 Å². The molecule has 4 aromatic rings. The van der Waals surface area contributed by atoms with Crippen molar-refractivity contribution in [3.05, 3.63) is 75.8 Å². The second kappa shape index (κ2) is 7.58. The van der Waals surface area contributed by atoms with E-state index in [1.54, 1.807) is 18.4 Å². The van der Waals surface area contributed by atoms with Crippen molar-refractivity contribution in [2.45, 2.75) is 25.4 Å². The van der Waals surface area contributed by atoms with Gasteiger partial charge < -0.3 is 14.2 Å². The molecule has 0 amide bonds. The molecule has 1 fully saturated rings. The summed E-state index contributed by atoms with van der Waals surface area (Å²) in [7, 11) is 0. The van der Waals surface area contributed by atoms with Gasteiger partial charge in [-0.1, -0.05) is 23.7 Å². The SMILES string of the molecule is O=c1cc(NC2CCN(Cc3ccc4ccoc4c3)CC2)c2cc(Cl)ccc2o1. The third-order valence-electron chi connectivity index (χ3n) is 5.58. The van der Waals surface area contributed by atoms with Crippen LogP contribution >= 0.6 is 11.6 Å². The molecular formula is C23H21ClN2O3. The predicted molar refractivity (Wildman–Crippen MR) is 116 cm³/mol. The molecule has 6 heteroatoms. The van der Waals surface area contributed by atoms with Crippen molar-refractivity contribution in [2.24, 2.45) is 0 Å². The second-order valence-electron chi connectivity index (χ2n) is 7.61. The van der Waals surface area contributed by atoms with Crippen LogP contribution in [0.25, 0.3) is 21.9 Å². The molecule has 0 atom stereocenters. The molecule has 148 valence electrons. The lowest BCUT2D eigenvalue weighted by molar-refractivity contribution is 0.211. The van der Waals surface area contributed by atoms with Crippen LogP contribution in [0.4, 0.5) is 5.69 Å². The molecule has 2 aromatic heterocycles. The van der Waals surface area contributed by atoms with Crippen LogP contribution in [-0.4, -0.2) is 24.0 Å². The molecule has 0 unspecified atom stereocenters. The highest BCUT2D eigenvalue weighted by Crippen LogP contribution is 2.27. The van der Waals surface area contributed by atoms with Crippen molar-refractivity contribution < 1.29 is 8.83 Å². The monoisotopic (exact) mass is 408 g/mol. The van der Waals surface area contributed by atoms with Crippen LogP contribution in [0, 0.1) is 0 Å². The average Bonchev–Trinajstić information content (AvgIpc) is 3.18. The molecule has 3 heterocycles. The standard InChI is InChI=1S/C23H21ClN2O3/c24-17-3-4-21-19(12-17)20(13-23(27)29-21)25-18-5-8-26(9-6-18)14-15-1-2-16-7-10-28-22(16)11-15/h1-4,7,10-13,18,25H,5-6,8-9,14H2. The number of nitrogens with one attached hydrogen (secondary N) is 1.